The van der Waals surface area contributed by atoms with Gasteiger partial charge in [-0.15, -0.1) is 11.3 Å². The summed E-state index contributed by atoms with van der Waals surface area (Å²) in [6.45, 7) is 0. The Hall–Kier alpha value is -0.800. The standard InChI is InChI=1S/C11H8BrNS/c1-13-9-4-5-14-11(9)8-3-2-7(12)6-10(8)13/h2-6H,1H3. The van der Waals surface area contributed by atoms with Crippen molar-refractivity contribution in [3.63, 3.8) is 0 Å². The van der Waals surface area contributed by atoms with Gasteiger partial charge in [-0.1, -0.05) is 22.0 Å². The first-order valence-electron chi connectivity index (χ1n) is 4.38. The van der Waals surface area contributed by atoms with Crippen molar-refractivity contribution in [2.75, 3.05) is 0 Å². The van der Waals surface area contributed by atoms with Gasteiger partial charge in [0.05, 0.1) is 15.7 Å². The molecule has 0 bridgehead atoms. The lowest BCUT2D eigenvalue weighted by molar-refractivity contribution is 1.02. The molecule has 0 saturated heterocycles. The first-order valence-corrected chi connectivity index (χ1v) is 6.06. The van der Waals surface area contributed by atoms with Crippen LogP contribution < -0.4 is 0 Å². The van der Waals surface area contributed by atoms with E-state index in [0.29, 0.717) is 0 Å². The van der Waals surface area contributed by atoms with Gasteiger partial charge < -0.3 is 4.57 Å². The van der Waals surface area contributed by atoms with Gasteiger partial charge in [-0.3, -0.25) is 0 Å². The molecule has 3 rings (SSSR count). The molecule has 0 aliphatic rings. The van der Waals surface area contributed by atoms with Crippen LogP contribution in [0.2, 0.25) is 0 Å². The fourth-order valence-electron chi connectivity index (χ4n) is 1.87. The van der Waals surface area contributed by atoms with E-state index in [1.54, 1.807) is 0 Å². The van der Waals surface area contributed by atoms with Crippen LogP contribution in [0.4, 0.5) is 0 Å². The van der Waals surface area contributed by atoms with Crippen molar-refractivity contribution in [2.45, 2.75) is 0 Å². The van der Waals surface area contributed by atoms with Gasteiger partial charge in [0.2, 0.25) is 0 Å². The third kappa shape index (κ3) is 0.996. The van der Waals surface area contributed by atoms with Crippen LogP contribution in [0.1, 0.15) is 0 Å². The van der Waals surface area contributed by atoms with E-state index in [0.717, 1.165) is 4.47 Å². The van der Waals surface area contributed by atoms with Gasteiger partial charge in [0.15, 0.2) is 0 Å². The zero-order valence-corrected chi connectivity index (χ0v) is 10.0. The summed E-state index contributed by atoms with van der Waals surface area (Å²) in [4.78, 5) is 0. The van der Waals surface area contributed by atoms with E-state index in [2.05, 4.69) is 57.2 Å². The van der Waals surface area contributed by atoms with Gasteiger partial charge in [0.25, 0.3) is 0 Å². The normalized spacial score (nSPS) is 11.6. The van der Waals surface area contributed by atoms with E-state index in [1.165, 1.54) is 21.1 Å². The molecular formula is C11H8BrNS. The SMILES string of the molecule is Cn1c2cc(Br)ccc2c2sccc21. The molecule has 0 aliphatic heterocycles. The second-order valence-corrected chi connectivity index (χ2v) is 5.19. The zero-order valence-electron chi connectivity index (χ0n) is 7.62. The van der Waals surface area contributed by atoms with Gasteiger partial charge >= 0.3 is 0 Å². The van der Waals surface area contributed by atoms with Crippen molar-refractivity contribution in [3.8, 4) is 0 Å². The lowest BCUT2D eigenvalue weighted by Gasteiger charge is -1.96. The van der Waals surface area contributed by atoms with Gasteiger partial charge in [-0.25, -0.2) is 0 Å². The van der Waals surface area contributed by atoms with Gasteiger partial charge in [-0.05, 0) is 23.6 Å². The predicted octanol–water partition coefficient (Wildman–Crippen LogP) is 4.16. The van der Waals surface area contributed by atoms with Crippen molar-refractivity contribution in [1.82, 2.24) is 4.57 Å². The van der Waals surface area contributed by atoms with Crippen LogP contribution in [0.15, 0.2) is 34.1 Å². The van der Waals surface area contributed by atoms with Gasteiger partial charge in [-0.2, -0.15) is 0 Å². The number of hydrogen-bond donors (Lipinski definition) is 0. The maximum Gasteiger partial charge on any atom is 0.0600 e. The summed E-state index contributed by atoms with van der Waals surface area (Å²) in [6.07, 6.45) is 0. The molecular weight excluding hydrogens is 258 g/mol. The monoisotopic (exact) mass is 265 g/mol. The molecule has 3 heteroatoms. The number of aryl methyl sites for hydroxylation is 1. The van der Waals surface area contributed by atoms with Gasteiger partial charge in [0, 0.05) is 16.9 Å². The molecule has 0 radical (unpaired) electrons. The number of aromatic nitrogens is 1. The van der Waals surface area contributed by atoms with Crippen molar-refractivity contribution in [1.29, 1.82) is 0 Å². The summed E-state index contributed by atoms with van der Waals surface area (Å²) < 4.78 is 4.76. The first kappa shape index (κ1) is 8.50. The molecule has 0 N–H and O–H groups in total. The van der Waals surface area contributed by atoms with Crippen LogP contribution in [0.3, 0.4) is 0 Å². The van der Waals surface area contributed by atoms with E-state index in [1.807, 2.05) is 11.3 Å². The topological polar surface area (TPSA) is 4.93 Å². The predicted molar refractivity (Wildman–Crippen MR) is 66.0 cm³/mol. The quantitative estimate of drug-likeness (QED) is 0.576. The third-order valence-corrected chi connectivity index (χ3v) is 4.00. The Bertz CT molecular complexity index is 621. The first-order chi connectivity index (χ1) is 6.77. The Morgan fingerprint density at radius 1 is 1.21 bits per heavy atom. The highest BCUT2D eigenvalue weighted by Gasteiger charge is 2.08. The zero-order chi connectivity index (χ0) is 9.71. The molecule has 0 atom stereocenters. The second-order valence-electron chi connectivity index (χ2n) is 3.36. The van der Waals surface area contributed by atoms with E-state index < -0.39 is 0 Å². The van der Waals surface area contributed by atoms with Crippen LogP contribution in [0.25, 0.3) is 21.1 Å². The van der Waals surface area contributed by atoms with Crippen LogP contribution in [-0.4, -0.2) is 4.57 Å². The number of benzene rings is 1. The molecule has 2 heterocycles. The number of fused-ring (bicyclic) bond motifs is 3. The Kier molecular flexibility index (Phi) is 1.73. The maximum absolute atomic E-state index is 3.50. The highest BCUT2D eigenvalue weighted by Crippen LogP contribution is 2.33. The van der Waals surface area contributed by atoms with E-state index >= 15 is 0 Å². The minimum absolute atomic E-state index is 1.14. The van der Waals surface area contributed by atoms with Crippen LogP contribution >= 0.6 is 27.3 Å². The number of halogens is 1. The lowest BCUT2D eigenvalue weighted by Crippen LogP contribution is -1.84. The Morgan fingerprint density at radius 3 is 2.93 bits per heavy atom. The second kappa shape index (κ2) is 2.84. The van der Waals surface area contributed by atoms with E-state index in [-0.39, 0.29) is 0 Å². The molecule has 70 valence electrons. The Labute approximate surface area is 94.1 Å². The minimum atomic E-state index is 1.14. The minimum Gasteiger partial charge on any atom is -0.343 e. The van der Waals surface area contributed by atoms with Crippen molar-refractivity contribution in [2.24, 2.45) is 7.05 Å². The largest absolute Gasteiger partial charge is 0.343 e. The fourth-order valence-corrected chi connectivity index (χ4v) is 3.18. The lowest BCUT2D eigenvalue weighted by atomic mass is 10.2. The summed E-state index contributed by atoms with van der Waals surface area (Å²) in [5.41, 5.74) is 2.62. The number of nitrogens with zero attached hydrogens (tertiary/aromatic N) is 1. The van der Waals surface area contributed by atoms with Crippen molar-refractivity contribution < 1.29 is 0 Å². The highest BCUT2D eigenvalue weighted by atomic mass is 79.9. The van der Waals surface area contributed by atoms with E-state index in [4.69, 9.17) is 0 Å². The van der Waals surface area contributed by atoms with Crippen LogP contribution in [0, 0.1) is 0 Å². The molecule has 1 aromatic carbocycles. The molecule has 2 aromatic heterocycles. The molecule has 0 spiro atoms. The van der Waals surface area contributed by atoms with Crippen molar-refractivity contribution in [3.05, 3.63) is 34.1 Å². The summed E-state index contributed by atoms with van der Waals surface area (Å²) >= 11 is 5.31. The summed E-state index contributed by atoms with van der Waals surface area (Å²) in [7, 11) is 2.11. The maximum atomic E-state index is 3.50. The van der Waals surface area contributed by atoms with Crippen LogP contribution in [-0.2, 0) is 7.05 Å². The molecule has 3 aromatic rings. The number of rotatable bonds is 0. The van der Waals surface area contributed by atoms with Gasteiger partial charge in [0.1, 0.15) is 0 Å². The summed E-state index contributed by atoms with van der Waals surface area (Å²) in [5.74, 6) is 0. The molecule has 0 saturated carbocycles. The fraction of sp³-hybridized carbons (Fsp3) is 0.0909. The molecule has 1 nitrogen and oxygen atoms in total. The smallest absolute Gasteiger partial charge is 0.0600 e. The van der Waals surface area contributed by atoms with Crippen LogP contribution in [0.5, 0.6) is 0 Å². The highest BCUT2D eigenvalue weighted by molar-refractivity contribution is 9.10. The number of thiophene rings is 1. The Balaban J connectivity index is 2.64. The average Bonchev–Trinajstić information content (AvgIpc) is 2.72. The molecule has 0 amide bonds. The number of hydrogen-bond acceptors (Lipinski definition) is 1. The molecule has 14 heavy (non-hydrogen) atoms. The average molecular weight is 266 g/mol. The third-order valence-electron chi connectivity index (χ3n) is 2.57. The summed E-state index contributed by atoms with van der Waals surface area (Å²) in [6, 6.07) is 8.62. The summed E-state index contributed by atoms with van der Waals surface area (Å²) in [5, 5.41) is 3.49. The van der Waals surface area contributed by atoms with Crippen molar-refractivity contribution >= 4 is 48.4 Å². The Morgan fingerprint density at radius 2 is 2.07 bits per heavy atom. The molecule has 0 unspecified atom stereocenters. The molecule has 0 aliphatic carbocycles. The molecule has 0 fully saturated rings. The van der Waals surface area contributed by atoms with E-state index in [9.17, 15) is 0 Å².